The Morgan fingerprint density at radius 1 is 1.07 bits per heavy atom. The number of fused-ring (bicyclic) bond motifs is 1. The molecule has 0 unspecified atom stereocenters. The van der Waals surface area contributed by atoms with E-state index in [1.807, 2.05) is 36.4 Å². The third kappa shape index (κ3) is 3.92. The van der Waals surface area contributed by atoms with Crippen LogP contribution < -0.4 is 5.43 Å². The van der Waals surface area contributed by atoms with Gasteiger partial charge in [0.05, 0.1) is 12.1 Å². The Bertz CT molecular complexity index is 971. The van der Waals surface area contributed by atoms with E-state index in [9.17, 15) is 4.79 Å². The van der Waals surface area contributed by atoms with Crippen molar-refractivity contribution in [2.24, 2.45) is 0 Å². The molecule has 3 aromatic carbocycles. The Morgan fingerprint density at radius 3 is 2.61 bits per heavy atom. The molecule has 1 aliphatic heterocycles. The standard InChI is InChI=1S/C24H24N2O2/c1-2-8-23(21-14-13-19-11-6-7-12-20(19)16-21)25-26-22(17-28-24(26)27)15-18-9-4-3-5-10-18/h2-7,9-14,16,22-23,25H,1,8,15,17H2/t22-,23-/m0/s1. The number of nitrogens with zero attached hydrogens (tertiary/aromatic N) is 1. The van der Waals surface area contributed by atoms with Gasteiger partial charge in [0.1, 0.15) is 6.61 Å². The van der Waals surface area contributed by atoms with Crippen LogP contribution in [0.15, 0.2) is 85.5 Å². The number of carbonyl (C=O) groups excluding carboxylic acids is 1. The molecular formula is C24H24N2O2. The fourth-order valence-electron chi connectivity index (χ4n) is 3.68. The van der Waals surface area contributed by atoms with Crippen molar-refractivity contribution in [3.05, 3.63) is 96.6 Å². The predicted octanol–water partition coefficient (Wildman–Crippen LogP) is 5.03. The van der Waals surface area contributed by atoms with Gasteiger partial charge in [0.15, 0.2) is 0 Å². The molecule has 0 aliphatic carbocycles. The Kier molecular flexibility index (Phi) is 5.40. The summed E-state index contributed by atoms with van der Waals surface area (Å²) in [6, 6.07) is 24.8. The van der Waals surface area contributed by atoms with Crippen molar-refractivity contribution < 1.29 is 9.53 Å². The third-order valence-electron chi connectivity index (χ3n) is 5.15. The van der Waals surface area contributed by atoms with E-state index < -0.39 is 0 Å². The second kappa shape index (κ2) is 8.28. The van der Waals surface area contributed by atoms with E-state index in [-0.39, 0.29) is 18.2 Å². The normalized spacial score (nSPS) is 17.5. The summed E-state index contributed by atoms with van der Waals surface area (Å²) < 4.78 is 5.33. The SMILES string of the molecule is C=CC[C@H](NN1C(=O)OC[C@@H]1Cc1ccccc1)c1ccc2ccccc2c1. The molecule has 0 radical (unpaired) electrons. The highest BCUT2D eigenvalue weighted by atomic mass is 16.6. The topological polar surface area (TPSA) is 41.6 Å². The van der Waals surface area contributed by atoms with Crippen LogP contribution in [0.5, 0.6) is 0 Å². The number of hydrogen-bond acceptors (Lipinski definition) is 3. The van der Waals surface area contributed by atoms with E-state index in [4.69, 9.17) is 4.74 Å². The zero-order chi connectivity index (χ0) is 19.3. The van der Waals surface area contributed by atoms with E-state index in [1.54, 1.807) is 5.01 Å². The van der Waals surface area contributed by atoms with Crippen LogP contribution >= 0.6 is 0 Å². The van der Waals surface area contributed by atoms with Gasteiger partial charge >= 0.3 is 6.09 Å². The zero-order valence-corrected chi connectivity index (χ0v) is 15.8. The Morgan fingerprint density at radius 2 is 1.82 bits per heavy atom. The molecule has 0 spiro atoms. The summed E-state index contributed by atoms with van der Waals surface area (Å²) in [5.41, 5.74) is 5.71. The number of nitrogens with one attached hydrogen (secondary N) is 1. The van der Waals surface area contributed by atoms with Crippen molar-refractivity contribution in [2.45, 2.75) is 24.9 Å². The molecule has 1 amide bonds. The molecule has 1 fully saturated rings. The summed E-state index contributed by atoms with van der Waals surface area (Å²) in [5, 5.41) is 4.03. The lowest BCUT2D eigenvalue weighted by Crippen LogP contribution is -2.47. The van der Waals surface area contributed by atoms with Crippen molar-refractivity contribution in [1.29, 1.82) is 0 Å². The fourth-order valence-corrected chi connectivity index (χ4v) is 3.68. The van der Waals surface area contributed by atoms with Crippen molar-refractivity contribution in [2.75, 3.05) is 6.61 Å². The largest absolute Gasteiger partial charge is 0.446 e. The van der Waals surface area contributed by atoms with Crippen LogP contribution in [0.1, 0.15) is 23.6 Å². The number of rotatable bonds is 7. The minimum Gasteiger partial charge on any atom is -0.446 e. The van der Waals surface area contributed by atoms with Crippen LogP contribution in [-0.2, 0) is 11.2 Å². The van der Waals surface area contributed by atoms with Gasteiger partial charge in [-0.2, -0.15) is 0 Å². The van der Waals surface area contributed by atoms with Gasteiger partial charge in [-0.05, 0) is 40.8 Å². The number of ether oxygens (including phenoxy) is 1. The number of amides is 1. The van der Waals surface area contributed by atoms with Gasteiger partial charge in [-0.15, -0.1) is 6.58 Å². The molecular weight excluding hydrogens is 348 g/mol. The first kappa shape index (κ1) is 18.3. The van der Waals surface area contributed by atoms with Crippen LogP contribution in [0.25, 0.3) is 10.8 Å². The minimum absolute atomic E-state index is 0.0392. The molecule has 1 saturated heterocycles. The summed E-state index contributed by atoms with van der Waals surface area (Å²) in [6.07, 6.45) is 3.01. The quantitative estimate of drug-likeness (QED) is 0.592. The highest BCUT2D eigenvalue weighted by Gasteiger charge is 2.34. The molecule has 1 N–H and O–H groups in total. The number of hydrogen-bond donors (Lipinski definition) is 1. The number of hydrazine groups is 1. The van der Waals surface area contributed by atoms with Gasteiger partial charge in [0.25, 0.3) is 0 Å². The smallest absolute Gasteiger partial charge is 0.424 e. The van der Waals surface area contributed by atoms with E-state index >= 15 is 0 Å². The molecule has 4 nitrogen and oxygen atoms in total. The highest BCUT2D eigenvalue weighted by molar-refractivity contribution is 5.83. The highest BCUT2D eigenvalue weighted by Crippen LogP contribution is 2.25. The van der Waals surface area contributed by atoms with Crippen molar-refractivity contribution in [1.82, 2.24) is 10.4 Å². The maximum atomic E-state index is 12.4. The van der Waals surface area contributed by atoms with Gasteiger partial charge < -0.3 is 4.74 Å². The van der Waals surface area contributed by atoms with Crippen molar-refractivity contribution in [3.8, 4) is 0 Å². The summed E-state index contributed by atoms with van der Waals surface area (Å²) in [4.78, 5) is 12.4. The molecule has 2 atom stereocenters. The molecule has 142 valence electrons. The maximum Gasteiger partial charge on any atom is 0.424 e. The number of benzene rings is 3. The van der Waals surface area contributed by atoms with Gasteiger partial charge in [0, 0.05) is 0 Å². The molecule has 4 heteroatoms. The first-order valence-electron chi connectivity index (χ1n) is 9.60. The number of cyclic esters (lactones) is 1. The lowest BCUT2D eigenvalue weighted by molar-refractivity contribution is 0.130. The van der Waals surface area contributed by atoms with Crippen LogP contribution in [0.4, 0.5) is 4.79 Å². The average molecular weight is 372 g/mol. The number of carbonyl (C=O) groups is 1. The van der Waals surface area contributed by atoms with Gasteiger partial charge in [-0.1, -0.05) is 72.8 Å². The summed E-state index contributed by atoms with van der Waals surface area (Å²) >= 11 is 0. The molecule has 28 heavy (non-hydrogen) atoms. The van der Waals surface area contributed by atoms with E-state index in [0.717, 1.165) is 12.0 Å². The predicted molar refractivity (Wildman–Crippen MR) is 112 cm³/mol. The van der Waals surface area contributed by atoms with E-state index in [2.05, 4.69) is 54.5 Å². The fraction of sp³-hybridized carbons (Fsp3) is 0.208. The Labute approximate surface area is 165 Å². The first-order valence-corrected chi connectivity index (χ1v) is 9.60. The summed E-state index contributed by atoms with van der Waals surface area (Å²) in [7, 11) is 0. The molecule has 0 saturated carbocycles. The molecule has 0 aromatic heterocycles. The molecule has 1 heterocycles. The molecule has 3 aromatic rings. The van der Waals surface area contributed by atoms with Crippen LogP contribution in [-0.4, -0.2) is 23.8 Å². The van der Waals surface area contributed by atoms with Crippen LogP contribution in [0.2, 0.25) is 0 Å². The lowest BCUT2D eigenvalue weighted by atomic mass is 10.00. The third-order valence-corrected chi connectivity index (χ3v) is 5.15. The van der Waals surface area contributed by atoms with Crippen LogP contribution in [0.3, 0.4) is 0 Å². The van der Waals surface area contributed by atoms with Gasteiger partial charge in [-0.3, -0.25) is 0 Å². The van der Waals surface area contributed by atoms with E-state index in [1.165, 1.54) is 16.3 Å². The van der Waals surface area contributed by atoms with Crippen molar-refractivity contribution in [3.63, 3.8) is 0 Å². The van der Waals surface area contributed by atoms with Crippen molar-refractivity contribution >= 4 is 16.9 Å². The average Bonchev–Trinajstić information content (AvgIpc) is 3.07. The summed E-state index contributed by atoms with van der Waals surface area (Å²) in [6.45, 7) is 4.28. The first-order chi connectivity index (χ1) is 13.7. The molecule has 1 aliphatic rings. The van der Waals surface area contributed by atoms with Crippen LogP contribution in [0, 0.1) is 0 Å². The van der Waals surface area contributed by atoms with E-state index in [0.29, 0.717) is 13.0 Å². The lowest BCUT2D eigenvalue weighted by Gasteiger charge is -2.28. The summed E-state index contributed by atoms with van der Waals surface area (Å²) in [5.74, 6) is 0. The van der Waals surface area contributed by atoms with Gasteiger partial charge in [0.2, 0.25) is 0 Å². The second-order valence-electron chi connectivity index (χ2n) is 7.10. The zero-order valence-electron chi connectivity index (χ0n) is 15.8. The Hall–Kier alpha value is -3.11. The van der Waals surface area contributed by atoms with Gasteiger partial charge in [-0.25, -0.2) is 15.2 Å². The maximum absolute atomic E-state index is 12.4. The Balaban J connectivity index is 1.56. The minimum atomic E-state index is -0.323. The molecule has 4 rings (SSSR count). The second-order valence-corrected chi connectivity index (χ2v) is 7.10. The monoisotopic (exact) mass is 372 g/mol. The molecule has 0 bridgehead atoms.